The molecule has 2 heterocycles. The molecule has 0 amide bonds. The van der Waals surface area contributed by atoms with Gasteiger partial charge in [0.1, 0.15) is 0 Å². The van der Waals surface area contributed by atoms with Crippen molar-refractivity contribution in [2.75, 3.05) is 51.3 Å². The molecule has 1 aromatic heterocycles. The van der Waals surface area contributed by atoms with Crippen molar-refractivity contribution in [2.45, 2.75) is 20.3 Å². The molecule has 1 aliphatic heterocycles. The van der Waals surface area contributed by atoms with Crippen LogP contribution in [0.15, 0.2) is 6.20 Å². The summed E-state index contributed by atoms with van der Waals surface area (Å²) < 4.78 is 10.3. The molecular formula is C16H25N5O3S. The Balaban J connectivity index is 1.72. The first kappa shape index (κ1) is 19.5. The molecule has 0 unspecified atom stereocenters. The molecular weight excluding hydrogens is 342 g/mol. The normalized spacial score (nSPS) is 14.8. The number of hydrogen-bond acceptors (Lipinski definition) is 7. The van der Waals surface area contributed by atoms with E-state index in [1.165, 1.54) is 6.20 Å². The fourth-order valence-electron chi connectivity index (χ4n) is 2.41. The lowest BCUT2D eigenvalue weighted by atomic mass is 10.2. The van der Waals surface area contributed by atoms with E-state index in [2.05, 4.69) is 25.5 Å². The number of rotatable bonds is 7. The zero-order chi connectivity index (χ0) is 18.1. The lowest BCUT2D eigenvalue weighted by Gasteiger charge is -2.26. The number of aromatic nitrogens is 2. The quantitative estimate of drug-likeness (QED) is 0.416. The summed E-state index contributed by atoms with van der Waals surface area (Å²) in [6.07, 6.45) is 2.44. The summed E-state index contributed by atoms with van der Waals surface area (Å²) in [6, 6.07) is 0. The van der Waals surface area contributed by atoms with Gasteiger partial charge in [-0.25, -0.2) is 14.8 Å². The second kappa shape index (κ2) is 10.2. The first-order valence-electron chi connectivity index (χ1n) is 8.46. The topological polar surface area (TPSA) is 88.6 Å². The van der Waals surface area contributed by atoms with Gasteiger partial charge in [-0.15, -0.1) is 0 Å². The molecule has 0 saturated carbocycles. The molecule has 1 aromatic rings. The SMILES string of the molecule is CCOC(=O)c1cnc(NC(=S)NCCCN2CCOCC2)nc1C. The Bertz CT molecular complexity index is 593. The fourth-order valence-corrected chi connectivity index (χ4v) is 2.60. The van der Waals surface area contributed by atoms with E-state index in [0.29, 0.717) is 28.9 Å². The highest BCUT2D eigenvalue weighted by Crippen LogP contribution is 2.08. The van der Waals surface area contributed by atoms with Crippen molar-refractivity contribution in [2.24, 2.45) is 0 Å². The second-order valence-corrected chi connectivity index (χ2v) is 6.01. The Labute approximate surface area is 153 Å². The number of hydrogen-bond donors (Lipinski definition) is 2. The molecule has 0 aromatic carbocycles. The largest absolute Gasteiger partial charge is 0.462 e. The van der Waals surface area contributed by atoms with E-state index >= 15 is 0 Å². The maximum Gasteiger partial charge on any atom is 0.341 e. The van der Waals surface area contributed by atoms with E-state index in [4.69, 9.17) is 21.7 Å². The van der Waals surface area contributed by atoms with E-state index in [0.717, 1.165) is 45.8 Å². The zero-order valence-corrected chi connectivity index (χ0v) is 15.5. The fraction of sp³-hybridized carbons (Fsp3) is 0.625. The van der Waals surface area contributed by atoms with E-state index in [-0.39, 0.29) is 0 Å². The Morgan fingerprint density at radius 1 is 1.44 bits per heavy atom. The molecule has 0 aliphatic carbocycles. The monoisotopic (exact) mass is 367 g/mol. The third-order valence-corrected chi connectivity index (χ3v) is 3.99. The van der Waals surface area contributed by atoms with Crippen molar-refractivity contribution in [3.8, 4) is 0 Å². The van der Waals surface area contributed by atoms with Gasteiger partial charge in [0.05, 0.1) is 31.1 Å². The highest BCUT2D eigenvalue weighted by atomic mass is 32.1. The summed E-state index contributed by atoms with van der Waals surface area (Å²) in [4.78, 5) is 22.5. The van der Waals surface area contributed by atoms with Gasteiger partial charge in [0.2, 0.25) is 5.95 Å². The molecule has 1 saturated heterocycles. The summed E-state index contributed by atoms with van der Waals surface area (Å²) >= 11 is 5.25. The highest BCUT2D eigenvalue weighted by Gasteiger charge is 2.13. The van der Waals surface area contributed by atoms with E-state index < -0.39 is 5.97 Å². The van der Waals surface area contributed by atoms with Crippen LogP contribution in [-0.2, 0) is 9.47 Å². The van der Waals surface area contributed by atoms with Crippen molar-refractivity contribution < 1.29 is 14.3 Å². The maximum atomic E-state index is 11.7. The van der Waals surface area contributed by atoms with E-state index in [9.17, 15) is 4.79 Å². The van der Waals surface area contributed by atoms with Crippen molar-refractivity contribution >= 4 is 29.2 Å². The van der Waals surface area contributed by atoms with Crippen LogP contribution >= 0.6 is 12.2 Å². The first-order valence-corrected chi connectivity index (χ1v) is 8.86. The third-order valence-electron chi connectivity index (χ3n) is 3.74. The number of nitrogens with one attached hydrogen (secondary N) is 2. The van der Waals surface area contributed by atoms with E-state index in [1.807, 2.05) is 0 Å². The van der Waals surface area contributed by atoms with Crippen LogP contribution in [0.1, 0.15) is 29.4 Å². The third kappa shape index (κ3) is 6.52. The van der Waals surface area contributed by atoms with Gasteiger partial charge in [-0.2, -0.15) is 0 Å². The average molecular weight is 367 g/mol. The summed E-state index contributed by atoms with van der Waals surface area (Å²) in [7, 11) is 0. The summed E-state index contributed by atoms with van der Waals surface area (Å²) in [6.45, 7) is 9.19. The van der Waals surface area contributed by atoms with Crippen molar-refractivity contribution in [1.82, 2.24) is 20.2 Å². The van der Waals surface area contributed by atoms with Crippen molar-refractivity contribution in [3.05, 3.63) is 17.5 Å². The second-order valence-electron chi connectivity index (χ2n) is 5.60. The molecule has 0 radical (unpaired) electrons. The molecule has 138 valence electrons. The molecule has 2 N–H and O–H groups in total. The maximum absolute atomic E-state index is 11.7. The molecule has 25 heavy (non-hydrogen) atoms. The van der Waals surface area contributed by atoms with Crippen LogP contribution in [0.25, 0.3) is 0 Å². The van der Waals surface area contributed by atoms with Crippen molar-refractivity contribution in [3.63, 3.8) is 0 Å². The van der Waals surface area contributed by atoms with Gasteiger partial charge in [0, 0.05) is 25.8 Å². The lowest BCUT2D eigenvalue weighted by molar-refractivity contribution is 0.0376. The van der Waals surface area contributed by atoms with Crippen LogP contribution in [-0.4, -0.2) is 71.9 Å². The Morgan fingerprint density at radius 2 is 2.20 bits per heavy atom. The molecule has 0 spiro atoms. The van der Waals surface area contributed by atoms with Crippen molar-refractivity contribution in [1.29, 1.82) is 0 Å². The van der Waals surface area contributed by atoms with Crippen LogP contribution in [0, 0.1) is 6.92 Å². The Hall–Kier alpha value is -1.84. The minimum Gasteiger partial charge on any atom is -0.462 e. The number of morpholine rings is 1. The van der Waals surface area contributed by atoms with Crippen LogP contribution in [0.5, 0.6) is 0 Å². The number of esters is 1. The van der Waals surface area contributed by atoms with Gasteiger partial charge in [0.15, 0.2) is 5.11 Å². The highest BCUT2D eigenvalue weighted by molar-refractivity contribution is 7.80. The van der Waals surface area contributed by atoms with Crippen LogP contribution in [0.4, 0.5) is 5.95 Å². The van der Waals surface area contributed by atoms with Gasteiger partial charge in [-0.3, -0.25) is 4.90 Å². The first-order chi connectivity index (χ1) is 12.1. The van der Waals surface area contributed by atoms with Crippen LogP contribution < -0.4 is 10.6 Å². The average Bonchev–Trinajstić information content (AvgIpc) is 2.60. The van der Waals surface area contributed by atoms with Gasteiger partial charge in [-0.1, -0.05) is 0 Å². The van der Waals surface area contributed by atoms with Crippen LogP contribution in [0.3, 0.4) is 0 Å². The number of carbonyl (C=O) groups excluding carboxylic acids is 1. The molecule has 1 fully saturated rings. The molecule has 0 atom stereocenters. The predicted octanol–water partition coefficient (Wildman–Crippen LogP) is 0.970. The molecule has 2 rings (SSSR count). The van der Waals surface area contributed by atoms with Gasteiger partial charge in [-0.05, 0) is 39.0 Å². The standard InChI is InChI=1S/C16H25N5O3S/c1-3-24-14(22)13-11-18-15(19-12(13)2)20-16(25)17-5-4-6-21-7-9-23-10-8-21/h11H,3-10H2,1-2H3,(H2,17,18,19,20,25). The smallest absolute Gasteiger partial charge is 0.341 e. The Kier molecular flexibility index (Phi) is 7.96. The van der Waals surface area contributed by atoms with Gasteiger partial charge in [0.25, 0.3) is 0 Å². The van der Waals surface area contributed by atoms with Gasteiger partial charge < -0.3 is 20.1 Å². The number of nitrogens with zero attached hydrogens (tertiary/aromatic N) is 3. The number of carbonyl (C=O) groups is 1. The number of thiocarbonyl (C=S) groups is 1. The summed E-state index contributed by atoms with van der Waals surface area (Å²) in [5, 5.41) is 6.53. The van der Waals surface area contributed by atoms with E-state index in [1.54, 1.807) is 13.8 Å². The number of aryl methyl sites for hydroxylation is 1. The predicted molar refractivity (Wildman–Crippen MR) is 98.8 cm³/mol. The van der Waals surface area contributed by atoms with Crippen LogP contribution in [0.2, 0.25) is 0 Å². The molecule has 8 nitrogen and oxygen atoms in total. The minimum absolute atomic E-state index is 0.316. The summed E-state index contributed by atoms with van der Waals surface area (Å²) in [5.41, 5.74) is 0.905. The lowest BCUT2D eigenvalue weighted by Crippen LogP contribution is -2.38. The Morgan fingerprint density at radius 3 is 2.88 bits per heavy atom. The zero-order valence-electron chi connectivity index (χ0n) is 14.7. The summed E-state index contributed by atoms with van der Waals surface area (Å²) in [5.74, 6) is -0.0633. The molecule has 1 aliphatic rings. The number of ether oxygens (including phenoxy) is 2. The van der Waals surface area contributed by atoms with Gasteiger partial charge >= 0.3 is 5.97 Å². The molecule has 9 heteroatoms. The minimum atomic E-state index is -0.421. The number of anilines is 1. The molecule has 0 bridgehead atoms.